The number of rotatable bonds is 3. The summed E-state index contributed by atoms with van der Waals surface area (Å²) in [7, 11) is 0. The molecule has 1 aromatic heterocycles. The highest BCUT2D eigenvalue weighted by atomic mass is 35.5. The van der Waals surface area contributed by atoms with Gasteiger partial charge < -0.3 is 0 Å². The first-order valence-corrected chi connectivity index (χ1v) is 6.84. The summed E-state index contributed by atoms with van der Waals surface area (Å²) >= 11 is 5.72. The summed E-state index contributed by atoms with van der Waals surface area (Å²) < 4.78 is 13.1. The highest BCUT2D eigenvalue weighted by molar-refractivity contribution is 6.30. The maximum absolute atomic E-state index is 13.1. The van der Waals surface area contributed by atoms with E-state index < -0.39 is 5.82 Å². The molecular weight excluding hydrogens is 289 g/mol. The van der Waals surface area contributed by atoms with E-state index in [1.54, 1.807) is 12.1 Å². The minimum atomic E-state index is -0.489. The third kappa shape index (κ3) is 2.93. The van der Waals surface area contributed by atoms with Crippen molar-refractivity contribution in [3.8, 4) is 0 Å². The number of ketones is 1. The second-order valence-electron chi connectivity index (χ2n) is 4.74. The first-order valence-electron chi connectivity index (χ1n) is 6.46. The third-order valence-electron chi connectivity index (χ3n) is 3.23. The highest BCUT2D eigenvalue weighted by Crippen LogP contribution is 2.18. The number of para-hydroxylation sites is 1. The van der Waals surface area contributed by atoms with Gasteiger partial charge in [-0.1, -0.05) is 41.9 Å². The zero-order valence-electron chi connectivity index (χ0n) is 11.0. The van der Waals surface area contributed by atoms with Crippen molar-refractivity contribution in [3.05, 3.63) is 76.7 Å². The lowest BCUT2D eigenvalue weighted by atomic mass is 10.1. The summed E-state index contributed by atoms with van der Waals surface area (Å²) in [6, 6.07) is 15.5. The molecule has 0 saturated heterocycles. The van der Waals surface area contributed by atoms with Crippen molar-refractivity contribution in [2.45, 2.75) is 6.42 Å². The molecule has 4 heteroatoms. The van der Waals surface area contributed by atoms with Gasteiger partial charge in [0.25, 0.3) is 0 Å². The lowest BCUT2D eigenvalue weighted by Crippen LogP contribution is -2.06. The smallest absolute Gasteiger partial charge is 0.185 e. The number of carbonyl (C=O) groups is 1. The largest absolute Gasteiger partial charge is 0.292 e. The molecule has 104 valence electrons. The van der Waals surface area contributed by atoms with Gasteiger partial charge in [-0.3, -0.25) is 4.79 Å². The molecule has 0 bridgehead atoms. The molecule has 2 nitrogen and oxygen atoms in total. The molecule has 0 fully saturated rings. The van der Waals surface area contributed by atoms with Crippen LogP contribution in [0.3, 0.4) is 0 Å². The number of Topliss-reactive ketones (excluding diaryl/α,β-unsaturated/α-hetero) is 1. The van der Waals surface area contributed by atoms with Crippen LogP contribution in [0.15, 0.2) is 54.6 Å². The van der Waals surface area contributed by atoms with Crippen LogP contribution in [0, 0.1) is 5.82 Å². The second kappa shape index (κ2) is 5.62. The maximum Gasteiger partial charge on any atom is 0.185 e. The summed E-state index contributed by atoms with van der Waals surface area (Å²) in [4.78, 5) is 16.6. The molecule has 21 heavy (non-hydrogen) atoms. The summed E-state index contributed by atoms with van der Waals surface area (Å²) in [5.74, 6) is -0.611. The van der Waals surface area contributed by atoms with E-state index in [2.05, 4.69) is 4.98 Å². The molecule has 2 aromatic carbocycles. The first kappa shape index (κ1) is 13.7. The molecule has 0 spiro atoms. The summed E-state index contributed by atoms with van der Waals surface area (Å²) in [6.45, 7) is 0. The molecule has 0 aliphatic heterocycles. The van der Waals surface area contributed by atoms with Crippen molar-refractivity contribution >= 4 is 28.3 Å². The fraction of sp³-hybridized carbons (Fsp3) is 0.0588. The number of carbonyl (C=O) groups excluding carboxylic acids is 1. The number of nitrogens with zero attached hydrogens (tertiary/aromatic N) is 1. The topological polar surface area (TPSA) is 30.0 Å². The summed E-state index contributed by atoms with van der Waals surface area (Å²) in [5, 5.41) is 1.01. The first-order chi connectivity index (χ1) is 10.1. The SMILES string of the molecule is O=C(Cc1ccc(F)c(Cl)c1)c1ccc2ccccc2n1. The molecule has 0 unspecified atom stereocenters. The predicted octanol–water partition coefficient (Wildman–Crippen LogP) is 4.45. The molecule has 1 heterocycles. The minimum absolute atomic E-state index is 0.0202. The Labute approximate surface area is 126 Å². The molecule has 3 aromatic rings. The van der Waals surface area contributed by atoms with Crippen molar-refractivity contribution in [1.82, 2.24) is 4.98 Å². The Kier molecular flexibility index (Phi) is 3.67. The lowest BCUT2D eigenvalue weighted by Gasteiger charge is -2.04. The zero-order chi connectivity index (χ0) is 14.8. The van der Waals surface area contributed by atoms with Gasteiger partial charge in [0, 0.05) is 11.8 Å². The number of aromatic nitrogens is 1. The van der Waals surface area contributed by atoms with E-state index >= 15 is 0 Å². The molecule has 0 amide bonds. The highest BCUT2D eigenvalue weighted by Gasteiger charge is 2.10. The quantitative estimate of drug-likeness (QED) is 0.669. The second-order valence-corrected chi connectivity index (χ2v) is 5.14. The van der Waals surface area contributed by atoms with Crippen LogP contribution in [-0.2, 0) is 6.42 Å². The van der Waals surface area contributed by atoms with E-state index in [1.807, 2.05) is 30.3 Å². The Balaban J connectivity index is 1.87. The van der Waals surface area contributed by atoms with Crippen LogP contribution in [0.4, 0.5) is 4.39 Å². The van der Waals surface area contributed by atoms with Gasteiger partial charge in [0.15, 0.2) is 5.78 Å². The standard InChI is InChI=1S/C17H11ClFNO/c18-13-9-11(5-7-14(13)19)10-17(21)16-8-6-12-3-1-2-4-15(12)20-16/h1-9H,10H2. The normalized spacial score (nSPS) is 10.8. The van der Waals surface area contributed by atoms with Gasteiger partial charge in [-0.05, 0) is 29.8 Å². The predicted molar refractivity (Wildman–Crippen MR) is 81.2 cm³/mol. The molecule has 0 atom stereocenters. The number of benzene rings is 2. The Hall–Kier alpha value is -2.26. The molecule has 0 N–H and O–H groups in total. The van der Waals surface area contributed by atoms with Gasteiger partial charge in [-0.15, -0.1) is 0 Å². The van der Waals surface area contributed by atoms with Crippen LogP contribution < -0.4 is 0 Å². The van der Waals surface area contributed by atoms with Crippen LogP contribution in [-0.4, -0.2) is 10.8 Å². The Bertz CT molecular complexity index is 832. The maximum atomic E-state index is 13.1. The van der Waals surface area contributed by atoms with E-state index in [-0.39, 0.29) is 17.2 Å². The van der Waals surface area contributed by atoms with E-state index in [1.165, 1.54) is 12.1 Å². The Morgan fingerprint density at radius 3 is 2.71 bits per heavy atom. The van der Waals surface area contributed by atoms with Crippen molar-refractivity contribution in [2.24, 2.45) is 0 Å². The van der Waals surface area contributed by atoms with Crippen molar-refractivity contribution in [3.63, 3.8) is 0 Å². The summed E-state index contributed by atoms with van der Waals surface area (Å²) in [5.41, 5.74) is 1.84. The number of hydrogen-bond acceptors (Lipinski definition) is 2. The number of halogens is 2. The van der Waals surface area contributed by atoms with Gasteiger partial charge in [0.1, 0.15) is 11.5 Å². The third-order valence-corrected chi connectivity index (χ3v) is 3.52. The van der Waals surface area contributed by atoms with Crippen LogP contribution >= 0.6 is 11.6 Å². The molecule has 3 rings (SSSR count). The molecule has 0 radical (unpaired) electrons. The van der Waals surface area contributed by atoms with Crippen LogP contribution in [0.2, 0.25) is 5.02 Å². The molecular formula is C17H11ClFNO. The van der Waals surface area contributed by atoms with Crippen molar-refractivity contribution in [1.29, 1.82) is 0 Å². The monoisotopic (exact) mass is 299 g/mol. The van der Waals surface area contributed by atoms with E-state index in [4.69, 9.17) is 11.6 Å². The zero-order valence-corrected chi connectivity index (χ0v) is 11.8. The van der Waals surface area contributed by atoms with Crippen LogP contribution in [0.1, 0.15) is 16.1 Å². The van der Waals surface area contributed by atoms with Gasteiger partial charge in [0.05, 0.1) is 10.5 Å². The number of fused-ring (bicyclic) bond motifs is 1. The number of hydrogen-bond donors (Lipinski definition) is 0. The minimum Gasteiger partial charge on any atom is -0.292 e. The van der Waals surface area contributed by atoms with Gasteiger partial charge in [0.2, 0.25) is 0 Å². The molecule has 0 aliphatic carbocycles. The van der Waals surface area contributed by atoms with E-state index in [0.29, 0.717) is 11.3 Å². The molecule has 0 aliphatic rings. The van der Waals surface area contributed by atoms with Gasteiger partial charge >= 0.3 is 0 Å². The fourth-order valence-corrected chi connectivity index (χ4v) is 2.35. The summed E-state index contributed by atoms with van der Waals surface area (Å²) in [6.07, 6.45) is 0.144. The average Bonchev–Trinajstić information content (AvgIpc) is 2.50. The Morgan fingerprint density at radius 2 is 1.90 bits per heavy atom. The Morgan fingerprint density at radius 1 is 1.10 bits per heavy atom. The molecule has 0 saturated carbocycles. The van der Waals surface area contributed by atoms with Crippen LogP contribution in [0.25, 0.3) is 10.9 Å². The van der Waals surface area contributed by atoms with Gasteiger partial charge in [-0.25, -0.2) is 9.37 Å². The average molecular weight is 300 g/mol. The van der Waals surface area contributed by atoms with Crippen molar-refractivity contribution < 1.29 is 9.18 Å². The lowest BCUT2D eigenvalue weighted by molar-refractivity contribution is 0.0988. The van der Waals surface area contributed by atoms with Gasteiger partial charge in [-0.2, -0.15) is 0 Å². The fourth-order valence-electron chi connectivity index (χ4n) is 2.15. The number of pyridine rings is 1. The van der Waals surface area contributed by atoms with Crippen molar-refractivity contribution in [2.75, 3.05) is 0 Å². The van der Waals surface area contributed by atoms with Crippen LogP contribution in [0.5, 0.6) is 0 Å². The van der Waals surface area contributed by atoms with E-state index in [0.717, 1.165) is 10.9 Å². The van der Waals surface area contributed by atoms with E-state index in [9.17, 15) is 9.18 Å².